The molecule has 1 aromatic carbocycles. The van der Waals surface area contributed by atoms with Gasteiger partial charge in [0.2, 0.25) is 5.91 Å². The molecule has 0 radical (unpaired) electrons. The Kier molecular flexibility index (Phi) is 5.25. The standard InChI is InChI=1S/C15H20FNO3/c1-15(2,3)12(9-14(19)20)17-13(18)8-10-6-4-5-7-11(10)16/h4-7,12H,8-9H2,1-3H3,(H,17,18)(H,19,20). The Morgan fingerprint density at radius 3 is 2.40 bits per heavy atom. The molecular formula is C15H20FNO3. The number of hydrogen-bond acceptors (Lipinski definition) is 2. The summed E-state index contributed by atoms with van der Waals surface area (Å²) in [5.41, 5.74) is -0.0866. The lowest BCUT2D eigenvalue weighted by atomic mass is 9.84. The molecule has 5 heteroatoms. The number of carbonyl (C=O) groups excluding carboxylic acids is 1. The van der Waals surface area contributed by atoms with Gasteiger partial charge in [-0.15, -0.1) is 0 Å². The lowest BCUT2D eigenvalue weighted by Crippen LogP contribution is -2.45. The third-order valence-corrected chi connectivity index (χ3v) is 3.07. The van der Waals surface area contributed by atoms with E-state index >= 15 is 0 Å². The third kappa shape index (κ3) is 4.99. The molecule has 1 amide bonds. The second-order valence-electron chi connectivity index (χ2n) is 5.85. The summed E-state index contributed by atoms with van der Waals surface area (Å²) in [6, 6.07) is 5.54. The summed E-state index contributed by atoms with van der Waals surface area (Å²) < 4.78 is 13.5. The molecule has 20 heavy (non-hydrogen) atoms. The van der Waals surface area contributed by atoms with Gasteiger partial charge in [0, 0.05) is 6.04 Å². The van der Waals surface area contributed by atoms with Crippen molar-refractivity contribution < 1.29 is 19.1 Å². The monoisotopic (exact) mass is 281 g/mol. The van der Waals surface area contributed by atoms with Crippen LogP contribution in [0.5, 0.6) is 0 Å². The molecule has 110 valence electrons. The van der Waals surface area contributed by atoms with Gasteiger partial charge in [-0.3, -0.25) is 9.59 Å². The van der Waals surface area contributed by atoms with E-state index in [-0.39, 0.29) is 24.2 Å². The minimum absolute atomic E-state index is 0.0983. The Labute approximate surface area is 118 Å². The number of aliphatic carboxylic acids is 1. The van der Waals surface area contributed by atoms with E-state index in [9.17, 15) is 14.0 Å². The largest absolute Gasteiger partial charge is 0.481 e. The topological polar surface area (TPSA) is 66.4 Å². The first-order chi connectivity index (χ1) is 9.20. The van der Waals surface area contributed by atoms with E-state index in [1.807, 2.05) is 20.8 Å². The van der Waals surface area contributed by atoms with Crippen molar-refractivity contribution in [3.63, 3.8) is 0 Å². The van der Waals surface area contributed by atoms with E-state index in [2.05, 4.69) is 5.32 Å². The zero-order valence-corrected chi connectivity index (χ0v) is 11.9. The number of hydrogen-bond donors (Lipinski definition) is 2. The Morgan fingerprint density at radius 1 is 1.30 bits per heavy atom. The number of rotatable bonds is 5. The number of nitrogens with one attached hydrogen (secondary N) is 1. The summed E-state index contributed by atoms with van der Waals surface area (Å²) in [5.74, 6) is -1.79. The maximum Gasteiger partial charge on any atom is 0.305 e. The molecule has 0 heterocycles. The van der Waals surface area contributed by atoms with Crippen LogP contribution in [0.25, 0.3) is 0 Å². The van der Waals surface area contributed by atoms with E-state index in [1.165, 1.54) is 12.1 Å². The molecule has 0 bridgehead atoms. The maximum atomic E-state index is 13.5. The Hall–Kier alpha value is -1.91. The van der Waals surface area contributed by atoms with E-state index in [0.29, 0.717) is 5.56 Å². The molecule has 0 aliphatic heterocycles. The highest BCUT2D eigenvalue weighted by Gasteiger charge is 2.28. The van der Waals surface area contributed by atoms with E-state index < -0.39 is 17.8 Å². The Morgan fingerprint density at radius 2 is 1.90 bits per heavy atom. The average Bonchev–Trinajstić information content (AvgIpc) is 2.29. The fourth-order valence-corrected chi connectivity index (χ4v) is 1.81. The highest BCUT2D eigenvalue weighted by atomic mass is 19.1. The molecule has 0 saturated heterocycles. The summed E-state index contributed by atoms with van der Waals surface area (Å²) in [6.07, 6.45) is -0.259. The predicted octanol–water partition coefficient (Wildman–Crippen LogP) is 2.37. The molecule has 1 atom stereocenters. The fourth-order valence-electron chi connectivity index (χ4n) is 1.81. The first kappa shape index (κ1) is 16.1. The van der Waals surface area contributed by atoms with Crippen molar-refractivity contribution in [3.8, 4) is 0 Å². The first-order valence-electron chi connectivity index (χ1n) is 6.44. The molecule has 0 aliphatic rings. The van der Waals surface area contributed by atoms with Gasteiger partial charge in [-0.2, -0.15) is 0 Å². The molecule has 0 fully saturated rings. The number of halogens is 1. The molecule has 1 unspecified atom stereocenters. The highest BCUT2D eigenvalue weighted by Crippen LogP contribution is 2.22. The van der Waals surface area contributed by atoms with Crippen LogP contribution < -0.4 is 5.32 Å². The molecular weight excluding hydrogens is 261 g/mol. The summed E-state index contributed by atoms with van der Waals surface area (Å²) in [6.45, 7) is 5.55. The van der Waals surface area contributed by atoms with Gasteiger partial charge in [-0.1, -0.05) is 39.0 Å². The number of benzene rings is 1. The predicted molar refractivity (Wildman–Crippen MR) is 73.7 cm³/mol. The quantitative estimate of drug-likeness (QED) is 0.870. The number of carboxylic acid groups (broad SMARTS) is 1. The van der Waals surface area contributed by atoms with Crippen LogP contribution in [-0.2, 0) is 16.0 Å². The second-order valence-corrected chi connectivity index (χ2v) is 5.85. The van der Waals surface area contributed by atoms with Gasteiger partial charge in [0.15, 0.2) is 0 Å². The second kappa shape index (κ2) is 6.50. The van der Waals surface area contributed by atoms with Gasteiger partial charge < -0.3 is 10.4 Å². The van der Waals surface area contributed by atoms with Crippen LogP contribution >= 0.6 is 0 Å². The Bertz CT molecular complexity index is 494. The molecule has 0 saturated carbocycles. The van der Waals surface area contributed by atoms with Crippen molar-refractivity contribution in [2.75, 3.05) is 0 Å². The van der Waals surface area contributed by atoms with Crippen LogP contribution in [0.3, 0.4) is 0 Å². The van der Waals surface area contributed by atoms with Crippen molar-refractivity contribution in [1.82, 2.24) is 5.32 Å². The van der Waals surface area contributed by atoms with Gasteiger partial charge in [-0.05, 0) is 17.0 Å². The van der Waals surface area contributed by atoms with Gasteiger partial charge in [0.1, 0.15) is 5.82 Å². The van der Waals surface area contributed by atoms with Crippen molar-refractivity contribution in [3.05, 3.63) is 35.6 Å². The molecule has 0 aromatic heterocycles. The summed E-state index contributed by atoms with van der Waals surface area (Å²) in [4.78, 5) is 22.8. The zero-order valence-electron chi connectivity index (χ0n) is 11.9. The van der Waals surface area contributed by atoms with Gasteiger partial charge in [-0.25, -0.2) is 4.39 Å². The van der Waals surface area contributed by atoms with Crippen molar-refractivity contribution in [2.45, 2.75) is 39.7 Å². The van der Waals surface area contributed by atoms with Gasteiger partial charge >= 0.3 is 5.97 Å². The summed E-state index contributed by atoms with van der Waals surface area (Å²) in [5, 5.41) is 11.6. The normalized spacial score (nSPS) is 12.8. The molecule has 1 aromatic rings. The Balaban J connectivity index is 2.72. The SMILES string of the molecule is CC(C)(C)C(CC(=O)O)NC(=O)Cc1ccccc1F. The minimum Gasteiger partial charge on any atom is -0.481 e. The highest BCUT2D eigenvalue weighted by molar-refractivity contribution is 5.79. The average molecular weight is 281 g/mol. The van der Waals surface area contributed by atoms with Crippen LogP contribution in [0.4, 0.5) is 4.39 Å². The van der Waals surface area contributed by atoms with Crippen molar-refractivity contribution in [1.29, 1.82) is 0 Å². The van der Waals surface area contributed by atoms with Gasteiger partial charge in [0.05, 0.1) is 12.8 Å². The molecule has 4 nitrogen and oxygen atoms in total. The van der Waals surface area contributed by atoms with Crippen molar-refractivity contribution >= 4 is 11.9 Å². The summed E-state index contributed by atoms with van der Waals surface area (Å²) >= 11 is 0. The van der Waals surface area contributed by atoms with Crippen LogP contribution in [0.1, 0.15) is 32.8 Å². The molecule has 1 rings (SSSR count). The third-order valence-electron chi connectivity index (χ3n) is 3.07. The number of carboxylic acids is 1. The molecule has 2 N–H and O–H groups in total. The number of carbonyl (C=O) groups is 2. The minimum atomic E-state index is -0.976. The van der Waals surface area contributed by atoms with E-state index in [1.54, 1.807) is 12.1 Å². The first-order valence-corrected chi connectivity index (χ1v) is 6.44. The summed E-state index contributed by atoms with van der Waals surface area (Å²) in [7, 11) is 0. The van der Waals surface area contributed by atoms with Crippen LogP contribution in [-0.4, -0.2) is 23.0 Å². The number of amides is 1. The molecule has 0 aliphatic carbocycles. The lowest BCUT2D eigenvalue weighted by molar-refractivity contribution is -0.138. The lowest BCUT2D eigenvalue weighted by Gasteiger charge is -2.30. The zero-order chi connectivity index (χ0) is 15.3. The van der Waals surface area contributed by atoms with Crippen molar-refractivity contribution in [2.24, 2.45) is 5.41 Å². The van der Waals surface area contributed by atoms with Gasteiger partial charge in [0.25, 0.3) is 0 Å². The van der Waals surface area contributed by atoms with Crippen LogP contribution in [0, 0.1) is 11.2 Å². The van der Waals surface area contributed by atoms with E-state index in [4.69, 9.17) is 5.11 Å². The maximum absolute atomic E-state index is 13.5. The van der Waals surface area contributed by atoms with Crippen LogP contribution in [0.2, 0.25) is 0 Å². The fraction of sp³-hybridized carbons (Fsp3) is 0.467. The smallest absolute Gasteiger partial charge is 0.305 e. The van der Waals surface area contributed by atoms with Crippen LogP contribution in [0.15, 0.2) is 24.3 Å². The van der Waals surface area contributed by atoms with E-state index in [0.717, 1.165) is 0 Å². The molecule has 0 spiro atoms.